The summed E-state index contributed by atoms with van der Waals surface area (Å²) >= 11 is 0. The van der Waals surface area contributed by atoms with Crippen LogP contribution >= 0.6 is 0 Å². The third-order valence-corrected chi connectivity index (χ3v) is 2.69. The first-order valence-corrected chi connectivity index (χ1v) is 6.20. The summed E-state index contributed by atoms with van der Waals surface area (Å²) in [6.45, 7) is 2.06. The number of hydrogen-bond donors (Lipinski definition) is 2. The summed E-state index contributed by atoms with van der Waals surface area (Å²) in [5, 5.41) is 9.79. The van der Waals surface area contributed by atoms with E-state index in [0.717, 1.165) is 24.1 Å². The summed E-state index contributed by atoms with van der Waals surface area (Å²) in [5.74, 6) is 0.595. The number of benzene rings is 1. The molecule has 0 atom stereocenters. The van der Waals surface area contributed by atoms with E-state index in [1.54, 1.807) is 0 Å². The highest BCUT2D eigenvalue weighted by Gasteiger charge is 2.06. The number of anilines is 1. The van der Waals surface area contributed by atoms with Crippen molar-refractivity contribution in [3.05, 3.63) is 36.4 Å². The molecule has 18 heavy (non-hydrogen) atoms. The van der Waals surface area contributed by atoms with Crippen molar-refractivity contribution in [3.8, 4) is 11.3 Å². The van der Waals surface area contributed by atoms with Gasteiger partial charge in [0.15, 0.2) is 5.82 Å². The normalized spacial score (nSPS) is 10.3. The Balaban J connectivity index is 2.00. The molecule has 0 radical (unpaired) electrons. The summed E-state index contributed by atoms with van der Waals surface area (Å²) in [7, 11) is 0. The van der Waals surface area contributed by atoms with Gasteiger partial charge < -0.3 is 5.32 Å². The van der Waals surface area contributed by atoms with Crippen LogP contribution in [0.1, 0.15) is 26.2 Å². The average molecular weight is 243 g/mol. The number of carbonyl (C=O) groups is 1. The first-order chi connectivity index (χ1) is 8.79. The third-order valence-electron chi connectivity index (χ3n) is 2.69. The second-order valence-electron chi connectivity index (χ2n) is 4.18. The van der Waals surface area contributed by atoms with Crippen LogP contribution in [-0.2, 0) is 4.79 Å². The van der Waals surface area contributed by atoms with Gasteiger partial charge in [0.05, 0.1) is 5.69 Å². The fourth-order valence-corrected chi connectivity index (χ4v) is 1.69. The summed E-state index contributed by atoms with van der Waals surface area (Å²) in [4.78, 5) is 11.6. The van der Waals surface area contributed by atoms with E-state index in [2.05, 4.69) is 22.4 Å². The molecular formula is C14H17N3O. The molecule has 4 heteroatoms. The molecule has 0 aliphatic rings. The van der Waals surface area contributed by atoms with E-state index in [4.69, 9.17) is 0 Å². The highest BCUT2D eigenvalue weighted by molar-refractivity contribution is 5.90. The molecule has 0 spiro atoms. The van der Waals surface area contributed by atoms with Crippen LogP contribution in [0, 0.1) is 0 Å². The minimum Gasteiger partial charge on any atom is -0.309 e. The van der Waals surface area contributed by atoms with Crippen LogP contribution in [0.5, 0.6) is 0 Å². The van der Waals surface area contributed by atoms with Gasteiger partial charge in [0.25, 0.3) is 0 Å². The lowest BCUT2D eigenvalue weighted by Crippen LogP contribution is -2.11. The Bertz CT molecular complexity index is 505. The van der Waals surface area contributed by atoms with Gasteiger partial charge in [0.1, 0.15) is 0 Å². The van der Waals surface area contributed by atoms with Gasteiger partial charge in [-0.3, -0.25) is 9.89 Å². The molecule has 1 aromatic carbocycles. The molecule has 94 valence electrons. The number of amides is 1. The molecule has 1 heterocycles. The maximum absolute atomic E-state index is 11.6. The Labute approximate surface area is 106 Å². The van der Waals surface area contributed by atoms with Crippen molar-refractivity contribution in [2.75, 3.05) is 5.32 Å². The van der Waals surface area contributed by atoms with Crippen molar-refractivity contribution >= 4 is 11.7 Å². The largest absolute Gasteiger partial charge is 0.309 e. The first kappa shape index (κ1) is 12.4. The number of nitrogens with zero attached hydrogens (tertiary/aromatic N) is 1. The minimum atomic E-state index is 0.0166. The zero-order valence-corrected chi connectivity index (χ0v) is 10.4. The van der Waals surface area contributed by atoms with Gasteiger partial charge in [-0.2, -0.15) is 5.10 Å². The van der Waals surface area contributed by atoms with Crippen LogP contribution < -0.4 is 5.32 Å². The highest BCUT2D eigenvalue weighted by atomic mass is 16.1. The molecule has 2 rings (SSSR count). The molecule has 0 aliphatic heterocycles. The van der Waals surface area contributed by atoms with Gasteiger partial charge in [-0.05, 0) is 12.0 Å². The van der Waals surface area contributed by atoms with Crippen molar-refractivity contribution in [2.24, 2.45) is 0 Å². The Kier molecular flexibility index (Phi) is 4.12. The molecule has 0 unspecified atom stereocenters. The van der Waals surface area contributed by atoms with Gasteiger partial charge in [-0.25, -0.2) is 0 Å². The Morgan fingerprint density at radius 2 is 2.11 bits per heavy atom. The van der Waals surface area contributed by atoms with Crippen LogP contribution in [0.2, 0.25) is 0 Å². The molecule has 0 bridgehead atoms. The number of H-pyrrole nitrogens is 1. The molecule has 0 saturated heterocycles. The van der Waals surface area contributed by atoms with Gasteiger partial charge in [-0.15, -0.1) is 0 Å². The molecule has 0 fully saturated rings. The Morgan fingerprint density at radius 1 is 1.33 bits per heavy atom. The predicted octanol–water partition coefficient (Wildman–Crippen LogP) is 3.21. The highest BCUT2D eigenvalue weighted by Crippen LogP contribution is 2.19. The van der Waals surface area contributed by atoms with E-state index in [0.29, 0.717) is 12.2 Å². The third kappa shape index (κ3) is 3.20. The lowest BCUT2D eigenvalue weighted by Gasteiger charge is -1.99. The van der Waals surface area contributed by atoms with Gasteiger partial charge in [0, 0.05) is 12.5 Å². The van der Waals surface area contributed by atoms with E-state index < -0.39 is 0 Å². The lowest BCUT2D eigenvalue weighted by atomic mass is 10.1. The maximum Gasteiger partial charge on any atom is 0.225 e. The Hall–Kier alpha value is -2.10. The molecule has 0 saturated carbocycles. The average Bonchev–Trinajstić information content (AvgIpc) is 2.86. The van der Waals surface area contributed by atoms with E-state index in [-0.39, 0.29) is 5.91 Å². The fourth-order valence-electron chi connectivity index (χ4n) is 1.69. The molecule has 2 N–H and O–H groups in total. The first-order valence-electron chi connectivity index (χ1n) is 6.20. The van der Waals surface area contributed by atoms with Gasteiger partial charge in [0.2, 0.25) is 5.91 Å². The van der Waals surface area contributed by atoms with Gasteiger partial charge in [-0.1, -0.05) is 43.7 Å². The molecule has 4 nitrogen and oxygen atoms in total. The van der Waals surface area contributed by atoms with Crippen LogP contribution in [0.15, 0.2) is 36.4 Å². The van der Waals surface area contributed by atoms with Crippen LogP contribution in [-0.4, -0.2) is 16.1 Å². The van der Waals surface area contributed by atoms with Crippen molar-refractivity contribution in [1.82, 2.24) is 10.2 Å². The summed E-state index contributed by atoms with van der Waals surface area (Å²) in [6.07, 6.45) is 2.47. The van der Waals surface area contributed by atoms with Crippen LogP contribution in [0.4, 0.5) is 5.82 Å². The monoisotopic (exact) mass is 243 g/mol. The number of rotatable bonds is 5. The van der Waals surface area contributed by atoms with E-state index >= 15 is 0 Å². The van der Waals surface area contributed by atoms with Crippen LogP contribution in [0.25, 0.3) is 11.3 Å². The van der Waals surface area contributed by atoms with Gasteiger partial charge >= 0.3 is 0 Å². The SMILES string of the molecule is CCCCC(=O)Nc1cc(-c2ccccc2)[nH]n1. The molecular weight excluding hydrogens is 226 g/mol. The number of hydrogen-bond acceptors (Lipinski definition) is 2. The number of carbonyl (C=O) groups excluding carboxylic acids is 1. The minimum absolute atomic E-state index is 0.0166. The molecule has 0 aliphatic carbocycles. The van der Waals surface area contributed by atoms with E-state index in [9.17, 15) is 4.79 Å². The Morgan fingerprint density at radius 3 is 2.83 bits per heavy atom. The van der Waals surface area contributed by atoms with Crippen molar-refractivity contribution < 1.29 is 4.79 Å². The topological polar surface area (TPSA) is 57.8 Å². The zero-order valence-electron chi connectivity index (χ0n) is 10.4. The number of aromatic amines is 1. The lowest BCUT2D eigenvalue weighted by molar-refractivity contribution is -0.116. The van der Waals surface area contributed by atoms with Crippen LogP contribution in [0.3, 0.4) is 0 Å². The van der Waals surface area contributed by atoms with Crippen molar-refractivity contribution in [1.29, 1.82) is 0 Å². The van der Waals surface area contributed by atoms with E-state index in [1.807, 2.05) is 36.4 Å². The maximum atomic E-state index is 11.6. The summed E-state index contributed by atoms with van der Waals surface area (Å²) in [6, 6.07) is 11.7. The van der Waals surface area contributed by atoms with E-state index in [1.165, 1.54) is 0 Å². The zero-order chi connectivity index (χ0) is 12.8. The molecule has 1 amide bonds. The van der Waals surface area contributed by atoms with Crippen molar-refractivity contribution in [2.45, 2.75) is 26.2 Å². The number of aromatic nitrogens is 2. The summed E-state index contributed by atoms with van der Waals surface area (Å²) < 4.78 is 0. The second-order valence-corrected chi connectivity index (χ2v) is 4.18. The fraction of sp³-hybridized carbons (Fsp3) is 0.286. The standard InChI is InChI=1S/C14H17N3O/c1-2-3-9-14(18)15-13-10-12(16-17-13)11-7-5-4-6-8-11/h4-8,10H,2-3,9H2,1H3,(H2,15,16,17,18). The molecule has 2 aromatic rings. The number of nitrogens with one attached hydrogen (secondary N) is 2. The second kappa shape index (κ2) is 6.00. The quantitative estimate of drug-likeness (QED) is 0.847. The van der Waals surface area contributed by atoms with Crippen molar-refractivity contribution in [3.63, 3.8) is 0 Å². The number of unbranched alkanes of at least 4 members (excludes halogenated alkanes) is 1. The smallest absolute Gasteiger partial charge is 0.225 e. The predicted molar refractivity (Wildman–Crippen MR) is 72.2 cm³/mol. The molecule has 1 aromatic heterocycles. The summed E-state index contributed by atoms with van der Waals surface area (Å²) in [5.41, 5.74) is 1.96.